The normalized spacial score (nSPS) is 20.2. The summed E-state index contributed by atoms with van der Waals surface area (Å²) >= 11 is 0. The van der Waals surface area contributed by atoms with Crippen LogP contribution >= 0.6 is 0 Å². The molecule has 2 heterocycles. The number of nitrogens with zero attached hydrogens (tertiary/aromatic N) is 1. The minimum Gasteiger partial charge on any atom is -0.350 e. The van der Waals surface area contributed by atoms with E-state index in [-0.39, 0.29) is 18.0 Å². The zero-order valence-corrected chi connectivity index (χ0v) is 14.0. The molecule has 1 N–H and O–H groups in total. The number of Topliss-reactive ketones (excluding diaryl/α,β-unsaturated/α-hetero) is 1. The van der Waals surface area contributed by atoms with Gasteiger partial charge in [-0.25, -0.2) is 0 Å². The Labute approximate surface area is 142 Å². The van der Waals surface area contributed by atoms with Gasteiger partial charge in [-0.3, -0.25) is 14.5 Å². The van der Waals surface area contributed by atoms with Crippen molar-refractivity contribution in [3.63, 3.8) is 0 Å². The van der Waals surface area contributed by atoms with Crippen LogP contribution in [-0.4, -0.2) is 55.7 Å². The molecule has 1 aromatic carbocycles. The lowest BCUT2D eigenvalue weighted by atomic mass is 9.96. The quantitative estimate of drug-likeness (QED) is 0.834. The van der Waals surface area contributed by atoms with Gasteiger partial charge in [-0.05, 0) is 45.0 Å². The van der Waals surface area contributed by atoms with Gasteiger partial charge in [-0.2, -0.15) is 0 Å². The lowest BCUT2D eigenvalue weighted by Gasteiger charge is -2.33. The van der Waals surface area contributed by atoms with Gasteiger partial charge in [-0.15, -0.1) is 0 Å². The van der Waals surface area contributed by atoms with Crippen LogP contribution in [0.1, 0.15) is 30.1 Å². The van der Waals surface area contributed by atoms with Gasteiger partial charge in [-0.1, -0.05) is 12.1 Å². The maximum absolute atomic E-state index is 12.3. The number of piperidine rings is 1. The Morgan fingerprint density at radius 1 is 1.17 bits per heavy atom. The van der Waals surface area contributed by atoms with Crippen molar-refractivity contribution in [2.45, 2.75) is 26.1 Å². The SMILES string of the molecule is CC(=O)c1ccccc1NC(=O)CN1CCC(C2OCCO2)CC1. The number of rotatable bonds is 5. The minimum absolute atomic E-state index is 0.0525. The summed E-state index contributed by atoms with van der Waals surface area (Å²) in [4.78, 5) is 26.0. The highest BCUT2D eigenvalue weighted by molar-refractivity contribution is 6.04. The Bertz CT molecular complexity index is 590. The standard InChI is InChI=1S/C18H24N2O4/c1-13(21)15-4-2-3-5-16(15)19-17(22)12-20-8-6-14(7-9-20)18-23-10-11-24-18/h2-5,14,18H,6-12H2,1H3,(H,19,22). The number of benzene rings is 1. The van der Waals surface area contributed by atoms with Gasteiger partial charge in [0.05, 0.1) is 25.4 Å². The molecule has 6 nitrogen and oxygen atoms in total. The third kappa shape index (κ3) is 4.20. The second-order valence-corrected chi connectivity index (χ2v) is 6.37. The van der Waals surface area contributed by atoms with Crippen molar-refractivity contribution >= 4 is 17.4 Å². The zero-order valence-electron chi connectivity index (χ0n) is 14.0. The van der Waals surface area contributed by atoms with Crippen LogP contribution in [0.25, 0.3) is 0 Å². The van der Waals surface area contributed by atoms with Crippen molar-refractivity contribution in [1.82, 2.24) is 4.90 Å². The fourth-order valence-electron chi connectivity index (χ4n) is 3.32. The Kier molecular flexibility index (Phi) is 5.60. The highest BCUT2D eigenvalue weighted by Gasteiger charge is 2.30. The number of amides is 1. The number of anilines is 1. The molecule has 0 atom stereocenters. The van der Waals surface area contributed by atoms with E-state index >= 15 is 0 Å². The van der Waals surface area contributed by atoms with Crippen molar-refractivity contribution in [3.05, 3.63) is 29.8 Å². The molecule has 0 unspecified atom stereocenters. The summed E-state index contributed by atoms with van der Waals surface area (Å²) in [6.45, 7) is 4.92. The predicted molar refractivity (Wildman–Crippen MR) is 89.9 cm³/mol. The van der Waals surface area contributed by atoms with Crippen LogP contribution in [0.3, 0.4) is 0 Å². The topological polar surface area (TPSA) is 67.9 Å². The molecule has 1 aromatic rings. The molecule has 0 bridgehead atoms. The average Bonchev–Trinajstić information content (AvgIpc) is 3.10. The molecule has 3 rings (SSSR count). The summed E-state index contributed by atoms with van der Waals surface area (Å²) in [6, 6.07) is 7.10. The molecule has 2 saturated heterocycles. The summed E-state index contributed by atoms with van der Waals surface area (Å²) in [5.41, 5.74) is 1.12. The molecule has 130 valence electrons. The molecular formula is C18H24N2O4. The van der Waals surface area contributed by atoms with Gasteiger partial charge in [0, 0.05) is 11.5 Å². The summed E-state index contributed by atoms with van der Waals surface area (Å²) in [7, 11) is 0. The van der Waals surface area contributed by atoms with Gasteiger partial charge < -0.3 is 14.8 Å². The summed E-state index contributed by atoms with van der Waals surface area (Å²) < 4.78 is 11.1. The first kappa shape index (κ1) is 17.1. The Morgan fingerprint density at radius 3 is 2.50 bits per heavy atom. The first-order valence-corrected chi connectivity index (χ1v) is 8.49. The van der Waals surface area contributed by atoms with Crippen molar-refractivity contribution in [2.75, 3.05) is 38.2 Å². The molecule has 6 heteroatoms. The highest BCUT2D eigenvalue weighted by atomic mass is 16.7. The third-order valence-electron chi connectivity index (χ3n) is 4.61. The summed E-state index contributed by atoms with van der Waals surface area (Å²) in [6.07, 6.45) is 1.88. The van der Waals surface area contributed by atoms with Crippen molar-refractivity contribution < 1.29 is 19.1 Å². The number of ketones is 1. The summed E-state index contributed by atoms with van der Waals surface area (Å²) in [5, 5.41) is 2.85. The molecule has 24 heavy (non-hydrogen) atoms. The number of para-hydroxylation sites is 1. The lowest BCUT2D eigenvalue weighted by molar-refractivity contribution is -0.119. The van der Waals surface area contributed by atoms with E-state index in [9.17, 15) is 9.59 Å². The predicted octanol–water partition coefficient (Wildman–Crippen LogP) is 1.91. The fraction of sp³-hybridized carbons (Fsp3) is 0.556. The molecule has 2 aliphatic rings. The van der Waals surface area contributed by atoms with E-state index in [1.807, 2.05) is 6.07 Å². The molecule has 0 aromatic heterocycles. The van der Waals surface area contributed by atoms with Crippen LogP contribution in [0, 0.1) is 5.92 Å². The average molecular weight is 332 g/mol. The first-order chi connectivity index (χ1) is 11.6. The molecule has 1 amide bonds. The second-order valence-electron chi connectivity index (χ2n) is 6.37. The van der Waals surface area contributed by atoms with Gasteiger partial charge in [0.15, 0.2) is 12.1 Å². The lowest BCUT2D eigenvalue weighted by Crippen LogP contribution is -2.41. The van der Waals surface area contributed by atoms with E-state index < -0.39 is 0 Å². The number of hydrogen-bond donors (Lipinski definition) is 1. The largest absolute Gasteiger partial charge is 0.350 e. The van der Waals surface area contributed by atoms with Gasteiger partial charge >= 0.3 is 0 Å². The number of nitrogens with one attached hydrogen (secondary N) is 1. The monoisotopic (exact) mass is 332 g/mol. The second kappa shape index (κ2) is 7.88. The highest BCUT2D eigenvalue weighted by Crippen LogP contribution is 2.25. The molecule has 2 aliphatic heterocycles. The first-order valence-electron chi connectivity index (χ1n) is 8.49. The van der Waals surface area contributed by atoms with E-state index in [4.69, 9.17) is 9.47 Å². The Hall–Kier alpha value is -1.76. The number of ether oxygens (including phenoxy) is 2. The van der Waals surface area contributed by atoms with Crippen LogP contribution in [-0.2, 0) is 14.3 Å². The van der Waals surface area contributed by atoms with E-state index in [2.05, 4.69) is 10.2 Å². The van der Waals surface area contributed by atoms with Crippen LogP contribution < -0.4 is 5.32 Å². The Balaban J connectivity index is 1.48. The van der Waals surface area contributed by atoms with E-state index in [0.29, 0.717) is 36.9 Å². The van der Waals surface area contributed by atoms with E-state index in [1.165, 1.54) is 6.92 Å². The van der Waals surface area contributed by atoms with Crippen LogP contribution in [0.4, 0.5) is 5.69 Å². The Morgan fingerprint density at radius 2 is 1.83 bits per heavy atom. The molecule has 0 saturated carbocycles. The molecule has 0 aliphatic carbocycles. The van der Waals surface area contributed by atoms with E-state index in [0.717, 1.165) is 25.9 Å². The maximum Gasteiger partial charge on any atom is 0.238 e. The zero-order chi connectivity index (χ0) is 16.9. The fourth-order valence-corrected chi connectivity index (χ4v) is 3.32. The van der Waals surface area contributed by atoms with Crippen LogP contribution in [0.15, 0.2) is 24.3 Å². The van der Waals surface area contributed by atoms with Crippen molar-refractivity contribution in [1.29, 1.82) is 0 Å². The third-order valence-corrected chi connectivity index (χ3v) is 4.61. The minimum atomic E-state index is -0.0875. The molecule has 0 radical (unpaired) electrons. The van der Waals surface area contributed by atoms with Crippen molar-refractivity contribution in [3.8, 4) is 0 Å². The number of likely N-dealkylation sites (tertiary alicyclic amines) is 1. The van der Waals surface area contributed by atoms with Crippen LogP contribution in [0.5, 0.6) is 0 Å². The van der Waals surface area contributed by atoms with Gasteiger partial charge in [0.1, 0.15) is 0 Å². The van der Waals surface area contributed by atoms with Gasteiger partial charge in [0.2, 0.25) is 5.91 Å². The number of carbonyl (C=O) groups excluding carboxylic acids is 2. The number of hydrogen-bond acceptors (Lipinski definition) is 5. The molecule has 2 fully saturated rings. The summed E-state index contributed by atoms with van der Waals surface area (Å²) in [5.74, 6) is 0.282. The van der Waals surface area contributed by atoms with Crippen LogP contribution in [0.2, 0.25) is 0 Å². The van der Waals surface area contributed by atoms with E-state index in [1.54, 1.807) is 18.2 Å². The number of carbonyl (C=O) groups is 2. The smallest absolute Gasteiger partial charge is 0.238 e. The maximum atomic E-state index is 12.3. The molecule has 0 spiro atoms. The van der Waals surface area contributed by atoms with Gasteiger partial charge in [0.25, 0.3) is 0 Å². The molecular weight excluding hydrogens is 308 g/mol. The van der Waals surface area contributed by atoms with Crippen molar-refractivity contribution in [2.24, 2.45) is 5.92 Å².